The van der Waals surface area contributed by atoms with Gasteiger partial charge in [0.05, 0.1) is 0 Å². The number of hydrogen-bond acceptors (Lipinski definition) is 2. The third-order valence-electron chi connectivity index (χ3n) is 4.64. The molecule has 0 amide bonds. The SMILES string of the molecule is CC(C)[C@@H]1C[C@@H](C)CN1C(C)C.CCCN(CC)CC(C)C. The van der Waals surface area contributed by atoms with E-state index in [4.69, 9.17) is 0 Å². The van der Waals surface area contributed by atoms with Crippen LogP contribution in [0.25, 0.3) is 0 Å². The molecule has 0 aromatic heterocycles. The van der Waals surface area contributed by atoms with Gasteiger partial charge in [-0.15, -0.1) is 0 Å². The first-order chi connectivity index (χ1) is 10.2. The van der Waals surface area contributed by atoms with Crippen LogP contribution in [0.5, 0.6) is 0 Å². The number of likely N-dealkylation sites (tertiary alicyclic amines) is 1. The smallest absolute Gasteiger partial charge is 0.0124 e. The molecular weight excluding hydrogens is 268 g/mol. The van der Waals surface area contributed by atoms with Crippen LogP contribution < -0.4 is 0 Å². The fourth-order valence-corrected chi connectivity index (χ4v) is 3.58. The van der Waals surface area contributed by atoms with Crippen molar-refractivity contribution in [2.24, 2.45) is 17.8 Å². The van der Waals surface area contributed by atoms with E-state index in [0.29, 0.717) is 0 Å². The second-order valence-corrected chi connectivity index (χ2v) is 8.23. The maximum Gasteiger partial charge on any atom is 0.0124 e. The van der Waals surface area contributed by atoms with Crippen LogP contribution in [0.3, 0.4) is 0 Å². The zero-order valence-corrected chi connectivity index (χ0v) is 17.0. The van der Waals surface area contributed by atoms with Crippen LogP contribution in [-0.4, -0.2) is 48.1 Å². The van der Waals surface area contributed by atoms with Gasteiger partial charge in [-0.2, -0.15) is 0 Å². The number of hydrogen-bond donors (Lipinski definition) is 0. The van der Waals surface area contributed by atoms with Gasteiger partial charge in [0, 0.05) is 25.2 Å². The third kappa shape index (κ3) is 8.53. The van der Waals surface area contributed by atoms with E-state index < -0.39 is 0 Å². The first-order valence-corrected chi connectivity index (χ1v) is 9.70. The third-order valence-corrected chi connectivity index (χ3v) is 4.64. The zero-order chi connectivity index (χ0) is 17.3. The van der Waals surface area contributed by atoms with Gasteiger partial charge >= 0.3 is 0 Å². The summed E-state index contributed by atoms with van der Waals surface area (Å²) in [6.07, 6.45) is 2.68. The average molecular weight is 313 g/mol. The van der Waals surface area contributed by atoms with E-state index in [0.717, 1.165) is 29.8 Å². The van der Waals surface area contributed by atoms with Crippen molar-refractivity contribution in [2.75, 3.05) is 26.2 Å². The standard InChI is InChI=1S/C11H23N.C9H21N/c1-8(2)11-6-10(5)7-12(11)9(3)4;1-5-7-10(6-2)8-9(3)4/h8-11H,6-7H2,1-5H3;9H,5-8H2,1-4H3/t10-,11+;/m1./s1. The molecule has 0 bridgehead atoms. The fourth-order valence-electron chi connectivity index (χ4n) is 3.58. The highest BCUT2D eigenvalue weighted by Crippen LogP contribution is 2.29. The fraction of sp³-hybridized carbons (Fsp3) is 1.00. The topological polar surface area (TPSA) is 6.48 Å². The van der Waals surface area contributed by atoms with Crippen molar-refractivity contribution in [3.8, 4) is 0 Å². The zero-order valence-electron chi connectivity index (χ0n) is 17.0. The summed E-state index contributed by atoms with van der Waals surface area (Å²) in [6, 6.07) is 1.56. The molecule has 1 fully saturated rings. The van der Waals surface area contributed by atoms with E-state index in [-0.39, 0.29) is 0 Å². The molecule has 0 N–H and O–H groups in total. The second-order valence-electron chi connectivity index (χ2n) is 8.23. The van der Waals surface area contributed by atoms with Crippen molar-refractivity contribution in [3.63, 3.8) is 0 Å². The van der Waals surface area contributed by atoms with E-state index in [1.54, 1.807) is 0 Å². The van der Waals surface area contributed by atoms with Crippen LogP contribution in [0.2, 0.25) is 0 Å². The summed E-state index contributed by atoms with van der Waals surface area (Å²) in [6.45, 7) is 25.7. The van der Waals surface area contributed by atoms with Crippen molar-refractivity contribution in [1.29, 1.82) is 0 Å². The molecule has 0 aromatic carbocycles. The van der Waals surface area contributed by atoms with Gasteiger partial charge in [-0.05, 0) is 57.5 Å². The lowest BCUT2D eigenvalue weighted by molar-refractivity contribution is 0.164. The maximum absolute atomic E-state index is 2.66. The molecule has 2 nitrogen and oxygen atoms in total. The minimum Gasteiger partial charge on any atom is -0.303 e. The monoisotopic (exact) mass is 312 g/mol. The van der Waals surface area contributed by atoms with Crippen LogP contribution in [0.15, 0.2) is 0 Å². The lowest BCUT2D eigenvalue weighted by Crippen LogP contribution is -2.38. The quantitative estimate of drug-likeness (QED) is 0.642. The minimum absolute atomic E-state index is 0.724. The van der Waals surface area contributed by atoms with Crippen molar-refractivity contribution in [2.45, 2.75) is 87.2 Å². The highest BCUT2D eigenvalue weighted by Gasteiger charge is 2.32. The van der Waals surface area contributed by atoms with Crippen LogP contribution in [-0.2, 0) is 0 Å². The molecule has 1 aliphatic rings. The van der Waals surface area contributed by atoms with Gasteiger partial charge in [-0.1, -0.05) is 48.5 Å². The molecule has 0 saturated carbocycles. The summed E-state index contributed by atoms with van der Waals surface area (Å²) in [5.41, 5.74) is 0. The van der Waals surface area contributed by atoms with Crippen LogP contribution in [0, 0.1) is 17.8 Å². The van der Waals surface area contributed by atoms with Crippen LogP contribution in [0.4, 0.5) is 0 Å². The summed E-state index contributed by atoms with van der Waals surface area (Å²) < 4.78 is 0. The Kier molecular flexibility index (Phi) is 11.4. The van der Waals surface area contributed by atoms with Crippen LogP contribution in [0.1, 0.15) is 75.2 Å². The molecule has 0 radical (unpaired) electrons. The van der Waals surface area contributed by atoms with Gasteiger partial charge in [-0.3, -0.25) is 4.90 Å². The second kappa shape index (κ2) is 11.5. The Morgan fingerprint density at radius 3 is 1.95 bits per heavy atom. The maximum atomic E-state index is 2.66. The molecular formula is C20H44N2. The van der Waals surface area contributed by atoms with E-state index in [1.807, 2.05) is 0 Å². The van der Waals surface area contributed by atoms with Gasteiger partial charge in [0.1, 0.15) is 0 Å². The summed E-state index contributed by atoms with van der Waals surface area (Å²) >= 11 is 0. The number of rotatable bonds is 7. The molecule has 0 aliphatic carbocycles. The highest BCUT2D eigenvalue weighted by molar-refractivity contribution is 4.86. The van der Waals surface area contributed by atoms with Gasteiger partial charge in [0.25, 0.3) is 0 Å². The largest absolute Gasteiger partial charge is 0.303 e. The summed E-state index contributed by atoms with van der Waals surface area (Å²) in [5.74, 6) is 2.53. The van der Waals surface area contributed by atoms with E-state index in [9.17, 15) is 0 Å². The first-order valence-electron chi connectivity index (χ1n) is 9.70. The lowest BCUT2D eigenvalue weighted by Gasteiger charge is -2.30. The first kappa shape index (κ1) is 21.9. The molecule has 1 aliphatic heterocycles. The van der Waals surface area contributed by atoms with Crippen molar-refractivity contribution in [3.05, 3.63) is 0 Å². The Balaban J connectivity index is 0.000000409. The average Bonchev–Trinajstić information content (AvgIpc) is 2.81. The number of nitrogens with zero attached hydrogens (tertiary/aromatic N) is 2. The summed E-state index contributed by atoms with van der Waals surface area (Å²) in [7, 11) is 0. The van der Waals surface area contributed by atoms with Crippen molar-refractivity contribution in [1.82, 2.24) is 9.80 Å². The lowest BCUT2D eigenvalue weighted by atomic mass is 9.98. The molecule has 1 saturated heterocycles. The van der Waals surface area contributed by atoms with Crippen molar-refractivity contribution >= 4 is 0 Å². The summed E-state index contributed by atoms with van der Waals surface area (Å²) in [5, 5.41) is 0. The van der Waals surface area contributed by atoms with Crippen LogP contribution >= 0.6 is 0 Å². The Hall–Kier alpha value is -0.0800. The van der Waals surface area contributed by atoms with Gasteiger partial charge in [-0.25, -0.2) is 0 Å². The predicted molar refractivity (Wildman–Crippen MR) is 101 cm³/mol. The molecule has 134 valence electrons. The molecule has 1 heterocycles. The Morgan fingerprint density at radius 1 is 1.05 bits per heavy atom. The van der Waals surface area contributed by atoms with E-state index in [1.165, 1.54) is 39.0 Å². The van der Waals surface area contributed by atoms with E-state index >= 15 is 0 Å². The van der Waals surface area contributed by atoms with Crippen molar-refractivity contribution < 1.29 is 0 Å². The molecule has 0 unspecified atom stereocenters. The van der Waals surface area contributed by atoms with E-state index in [2.05, 4.69) is 72.1 Å². The molecule has 0 aromatic rings. The highest BCUT2D eigenvalue weighted by atomic mass is 15.2. The molecule has 2 heteroatoms. The van der Waals surface area contributed by atoms with Gasteiger partial charge in [0.2, 0.25) is 0 Å². The normalized spacial score (nSPS) is 22.8. The molecule has 2 atom stereocenters. The minimum atomic E-state index is 0.724. The molecule has 22 heavy (non-hydrogen) atoms. The van der Waals surface area contributed by atoms with Gasteiger partial charge < -0.3 is 4.90 Å². The Bertz CT molecular complexity index is 244. The Morgan fingerprint density at radius 2 is 1.64 bits per heavy atom. The Labute approximate surface area is 141 Å². The molecule has 0 spiro atoms. The summed E-state index contributed by atoms with van der Waals surface area (Å²) in [4.78, 5) is 5.17. The molecule has 1 rings (SSSR count). The van der Waals surface area contributed by atoms with Gasteiger partial charge in [0.15, 0.2) is 0 Å². The predicted octanol–water partition coefficient (Wildman–Crippen LogP) is 5.14.